The lowest BCUT2D eigenvalue weighted by Crippen LogP contribution is -2.30. The van der Waals surface area contributed by atoms with Crippen LogP contribution in [0.5, 0.6) is 0 Å². The number of aryl methyl sites for hydroxylation is 1. The van der Waals surface area contributed by atoms with Crippen LogP contribution in [0.1, 0.15) is 27.2 Å². The van der Waals surface area contributed by atoms with Crippen molar-refractivity contribution < 1.29 is 9.53 Å². The van der Waals surface area contributed by atoms with Crippen LogP contribution in [0.15, 0.2) is 30.6 Å². The van der Waals surface area contributed by atoms with Gasteiger partial charge in [0.1, 0.15) is 6.33 Å². The molecule has 1 aromatic heterocycles. The Morgan fingerprint density at radius 2 is 2.12 bits per heavy atom. The van der Waals surface area contributed by atoms with Gasteiger partial charge in [-0.25, -0.2) is 4.79 Å². The molecule has 2 N–H and O–H groups in total. The Labute approximate surface area is 148 Å². The Morgan fingerprint density at radius 3 is 2.88 bits per heavy atom. The van der Waals surface area contributed by atoms with Gasteiger partial charge in [0.2, 0.25) is 0 Å². The molecule has 2 amide bonds. The van der Waals surface area contributed by atoms with Crippen LogP contribution in [0.4, 0.5) is 10.5 Å². The molecule has 7 nitrogen and oxygen atoms in total. The summed E-state index contributed by atoms with van der Waals surface area (Å²) in [6.45, 7) is 8.98. The number of amides is 2. The molecule has 0 aliphatic heterocycles. The van der Waals surface area contributed by atoms with Crippen molar-refractivity contribution in [2.45, 2.75) is 33.7 Å². The third kappa shape index (κ3) is 5.86. The van der Waals surface area contributed by atoms with E-state index in [1.54, 1.807) is 6.33 Å². The summed E-state index contributed by atoms with van der Waals surface area (Å²) in [5.41, 5.74) is 1.55. The van der Waals surface area contributed by atoms with Crippen molar-refractivity contribution in [3.63, 3.8) is 0 Å². The molecule has 0 saturated heterocycles. The zero-order valence-electron chi connectivity index (χ0n) is 15.2. The number of nitrogens with zero attached hydrogens (tertiary/aromatic N) is 3. The topological polar surface area (TPSA) is 81.1 Å². The number of urea groups is 1. The van der Waals surface area contributed by atoms with Crippen LogP contribution in [0.2, 0.25) is 0 Å². The molecule has 0 atom stereocenters. The van der Waals surface area contributed by atoms with Crippen LogP contribution >= 0.6 is 0 Å². The maximum Gasteiger partial charge on any atom is 0.319 e. The molecule has 0 saturated carbocycles. The number of rotatable bonds is 9. The average Bonchev–Trinajstić information content (AvgIpc) is 3.06. The van der Waals surface area contributed by atoms with Gasteiger partial charge in [0.15, 0.2) is 5.82 Å². The molecular formula is C18H27N5O2. The highest BCUT2D eigenvalue weighted by Gasteiger charge is 2.12. The number of benzene rings is 1. The van der Waals surface area contributed by atoms with Crippen LogP contribution in [0.3, 0.4) is 0 Å². The Kier molecular flexibility index (Phi) is 7.40. The van der Waals surface area contributed by atoms with E-state index in [1.807, 2.05) is 35.8 Å². The predicted octanol–water partition coefficient (Wildman–Crippen LogP) is 3.15. The molecule has 0 aliphatic rings. The van der Waals surface area contributed by atoms with E-state index in [2.05, 4.69) is 34.7 Å². The minimum absolute atomic E-state index is 0.237. The number of nitrogens with one attached hydrogen (secondary N) is 2. The number of ether oxygens (including phenoxy) is 1. The molecule has 0 aliphatic carbocycles. The standard InChI is InChI=1S/C18H27N5O2/c1-4-23-13-20-22-17(23)15-8-5-6-9-16(15)21-18(24)19-10-7-11-25-12-14(2)3/h5-6,8-9,13-14H,4,7,10-12H2,1-3H3,(H2,19,21,24). The number of aromatic nitrogens is 3. The molecule has 0 unspecified atom stereocenters. The fraction of sp³-hybridized carbons (Fsp3) is 0.500. The maximum absolute atomic E-state index is 12.1. The number of para-hydroxylation sites is 1. The van der Waals surface area contributed by atoms with Crippen LogP contribution in [-0.4, -0.2) is 40.6 Å². The fourth-order valence-electron chi connectivity index (χ4n) is 2.34. The lowest BCUT2D eigenvalue weighted by atomic mass is 10.1. The number of anilines is 1. The van der Waals surface area contributed by atoms with Crippen LogP contribution < -0.4 is 10.6 Å². The Balaban J connectivity index is 1.87. The van der Waals surface area contributed by atoms with Crippen molar-refractivity contribution in [2.75, 3.05) is 25.1 Å². The second-order valence-electron chi connectivity index (χ2n) is 6.19. The molecule has 25 heavy (non-hydrogen) atoms. The largest absolute Gasteiger partial charge is 0.381 e. The zero-order chi connectivity index (χ0) is 18.1. The molecule has 7 heteroatoms. The Morgan fingerprint density at radius 1 is 1.32 bits per heavy atom. The van der Waals surface area contributed by atoms with Crippen molar-refractivity contribution in [1.29, 1.82) is 0 Å². The van der Waals surface area contributed by atoms with Crippen molar-refractivity contribution in [2.24, 2.45) is 5.92 Å². The van der Waals surface area contributed by atoms with Crippen molar-refractivity contribution in [1.82, 2.24) is 20.1 Å². The summed E-state index contributed by atoms with van der Waals surface area (Å²) in [7, 11) is 0. The Hall–Kier alpha value is -2.41. The van der Waals surface area contributed by atoms with Crippen molar-refractivity contribution >= 4 is 11.7 Å². The van der Waals surface area contributed by atoms with Gasteiger partial charge in [-0.2, -0.15) is 0 Å². The van der Waals surface area contributed by atoms with E-state index >= 15 is 0 Å². The summed E-state index contributed by atoms with van der Waals surface area (Å²) < 4.78 is 7.43. The molecule has 1 aromatic carbocycles. The van der Waals surface area contributed by atoms with Gasteiger partial charge in [-0.15, -0.1) is 10.2 Å². The summed E-state index contributed by atoms with van der Waals surface area (Å²) in [6, 6.07) is 7.34. The van der Waals surface area contributed by atoms with E-state index in [9.17, 15) is 4.79 Å². The van der Waals surface area contributed by atoms with Crippen molar-refractivity contribution in [3.05, 3.63) is 30.6 Å². The minimum Gasteiger partial charge on any atom is -0.381 e. The summed E-state index contributed by atoms with van der Waals surface area (Å²) in [5.74, 6) is 1.26. The average molecular weight is 345 g/mol. The van der Waals surface area contributed by atoms with Gasteiger partial charge >= 0.3 is 6.03 Å². The number of carbonyl (C=O) groups excluding carboxylic acids is 1. The normalized spacial score (nSPS) is 10.9. The van der Waals surface area contributed by atoms with E-state index < -0.39 is 0 Å². The van der Waals surface area contributed by atoms with Gasteiger partial charge in [-0.1, -0.05) is 26.0 Å². The lowest BCUT2D eigenvalue weighted by Gasteiger charge is -2.12. The third-order valence-corrected chi connectivity index (χ3v) is 3.57. The first-order chi connectivity index (χ1) is 12.1. The fourth-order valence-corrected chi connectivity index (χ4v) is 2.34. The van der Waals surface area contributed by atoms with Crippen LogP contribution in [-0.2, 0) is 11.3 Å². The molecule has 136 valence electrons. The third-order valence-electron chi connectivity index (χ3n) is 3.57. The highest BCUT2D eigenvalue weighted by molar-refractivity contribution is 5.93. The molecular weight excluding hydrogens is 318 g/mol. The highest BCUT2D eigenvalue weighted by Crippen LogP contribution is 2.25. The smallest absolute Gasteiger partial charge is 0.319 e. The number of hydrogen-bond donors (Lipinski definition) is 2. The quantitative estimate of drug-likeness (QED) is 0.684. The van der Waals surface area contributed by atoms with Crippen LogP contribution in [0, 0.1) is 5.92 Å². The lowest BCUT2D eigenvalue weighted by molar-refractivity contribution is 0.108. The van der Waals surface area contributed by atoms with Gasteiger partial charge in [0, 0.05) is 31.9 Å². The van der Waals surface area contributed by atoms with Gasteiger partial charge in [0.05, 0.1) is 5.69 Å². The Bertz CT molecular complexity index is 669. The van der Waals surface area contributed by atoms with Gasteiger partial charge in [0.25, 0.3) is 0 Å². The summed E-state index contributed by atoms with van der Waals surface area (Å²) in [6.07, 6.45) is 2.47. The second kappa shape index (κ2) is 9.78. The second-order valence-corrected chi connectivity index (χ2v) is 6.19. The van der Waals surface area contributed by atoms with Crippen molar-refractivity contribution in [3.8, 4) is 11.4 Å². The monoisotopic (exact) mass is 345 g/mol. The molecule has 0 spiro atoms. The van der Waals surface area contributed by atoms with E-state index in [0.717, 1.165) is 31.0 Å². The molecule has 0 bridgehead atoms. The van der Waals surface area contributed by atoms with Gasteiger partial charge in [-0.3, -0.25) is 0 Å². The molecule has 0 radical (unpaired) electrons. The molecule has 1 heterocycles. The van der Waals surface area contributed by atoms with Crippen LogP contribution in [0.25, 0.3) is 11.4 Å². The summed E-state index contributed by atoms with van der Waals surface area (Å²) in [5, 5.41) is 13.8. The maximum atomic E-state index is 12.1. The predicted molar refractivity (Wildman–Crippen MR) is 98.4 cm³/mol. The van der Waals surface area contributed by atoms with Gasteiger partial charge < -0.3 is 19.9 Å². The zero-order valence-corrected chi connectivity index (χ0v) is 15.2. The summed E-state index contributed by atoms with van der Waals surface area (Å²) >= 11 is 0. The van der Waals surface area contributed by atoms with E-state index in [1.165, 1.54) is 0 Å². The van der Waals surface area contributed by atoms with E-state index in [4.69, 9.17) is 4.74 Å². The van der Waals surface area contributed by atoms with E-state index in [0.29, 0.717) is 24.8 Å². The first-order valence-electron chi connectivity index (χ1n) is 8.71. The first kappa shape index (κ1) is 18.9. The molecule has 2 aromatic rings. The number of carbonyl (C=O) groups is 1. The SMILES string of the molecule is CCn1cnnc1-c1ccccc1NC(=O)NCCCOCC(C)C. The first-order valence-corrected chi connectivity index (χ1v) is 8.71. The highest BCUT2D eigenvalue weighted by atomic mass is 16.5. The van der Waals surface area contributed by atoms with Gasteiger partial charge in [-0.05, 0) is 31.4 Å². The molecule has 2 rings (SSSR count). The molecule has 0 fully saturated rings. The minimum atomic E-state index is -0.237. The number of hydrogen-bond acceptors (Lipinski definition) is 4. The summed E-state index contributed by atoms with van der Waals surface area (Å²) in [4.78, 5) is 12.1. The van der Waals surface area contributed by atoms with E-state index in [-0.39, 0.29) is 6.03 Å².